The third kappa shape index (κ3) is 0.402. The topological polar surface area (TPSA) is 0 Å². The lowest BCUT2D eigenvalue weighted by Gasteiger charge is -3.10. The molecule has 0 N–H and O–H groups in total. The monoisotopic (exact) mass is 228 g/mol. The molecule has 80 valence electrons. The van der Waals surface area contributed by atoms with Crippen LogP contribution in [0.25, 0.3) is 0 Å². The molecule has 0 amide bonds. The number of rotatable bonds is 2. The Balaban J connectivity index is 1.40. The minimum absolute atomic E-state index is 0.360. The molecule has 0 heterocycles. The molecule has 6 aliphatic carbocycles. The van der Waals surface area contributed by atoms with Crippen molar-refractivity contribution < 1.29 is 0 Å². The fourth-order valence-corrected chi connectivity index (χ4v) is 7.74. The van der Waals surface area contributed by atoms with E-state index >= 15 is 0 Å². The van der Waals surface area contributed by atoms with Gasteiger partial charge in [0.05, 0.1) is 4.87 Å². The van der Waals surface area contributed by atoms with Gasteiger partial charge in [0.1, 0.15) is 0 Å². The Morgan fingerprint density at radius 1 is 0.875 bits per heavy atom. The second-order valence-corrected chi connectivity index (χ2v) is 7.41. The van der Waals surface area contributed by atoms with Gasteiger partial charge in [0.25, 0.3) is 0 Å². The summed E-state index contributed by atoms with van der Waals surface area (Å²) >= 11 is 6.65. The van der Waals surface area contributed by atoms with E-state index in [1.807, 2.05) is 0 Å². The molecule has 0 unspecified atom stereocenters. The highest BCUT2D eigenvalue weighted by atomic mass is 35.5. The fraction of sp³-hybridized carbons (Fsp3) is 0.600. The van der Waals surface area contributed by atoms with Crippen molar-refractivity contribution in [2.45, 2.75) is 11.3 Å². The van der Waals surface area contributed by atoms with Gasteiger partial charge in [-0.15, -0.1) is 11.6 Å². The molecule has 6 aliphatic rings. The number of hydrogen-bond donors (Lipinski definition) is 0. The van der Waals surface area contributed by atoms with Gasteiger partial charge in [0.15, 0.2) is 0 Å². The van der Waals surface area contributed by atoms with Crippen LogP contribution in [-0.4, -0.2) is 4.87 Å². The van der Waals surface area contributed by atoms with E-state index in [1.54, 1.807) is 5.56 Å². The summed E-state index contributed by atoms with van der Waals surface area (Å²) in [6.07, 6.45) is 1.35. The Bertz CT molecular complexity index is 478. The van der Waals surface area contributed by atoms with Crippen molar-refractivity contribution in [2.75, 3.05) is 0 Å². The van der Waals surface area contributed by atoms with Crippen molar-refractivity contribution in [1.29, 1.82) is 0 Å². The lowest BCUT2D eigenvalue weighted by Crippen LogP contribution is -3.11. The maximum absolute atomic E-state index is 6.65. The highest BCUT2D eigenvalue weighted by Crippen LogP contribution is 3.08. The van der Waals surface area contributed by atoms with Crippen molar-refractivity contribution in [3.05, 3.63) is 35.9 Å². The molecule has 0 bridgehead atoms. The van der Waals surface area contributed by atoms with Gasteiger partial charge in [-0.3, -0.25) is 0 Å². The summed E-state index contributed by atoms with van der Waals surface area (Å²) in [7, 11) is 0. The van der Waals surface area contributed by atoms with Crippen LogP contribution in [0.4, 0.5) is 0 Å². The van der Waals surface area contributed by atoms with E-state index in [0.717, 1.165) is 40.9 Å². The van der Waals surface area contributed by atoms with Crippen LogP contribution < -0.4 is 0 Å². The molecule has 0 saturated heterocycles. The van der Waals surface area contributed by atoms with Gasteiger partial charge in [0.2, 0.25) is 0 Å². The molecule has 6 saturated carbocycles. The van der Waals surface area contributed by atoms with Crippen molar-refractivity contribution in [3.63, 3.8) is 0 Å². The smallest absolute Gasteiger partial charge is 0.0548 e. The van der Waals surface area contributed by atoms with Gasteiger partial charge in [-0.25, -0.2) is 0 Å². The van der Waals surface area contributed by atoms with Gasteiger partial charge in [-0.1, -0.05) is 30.3 Å². The molecule has 0 spiro atoms. The van der Waals surface area contributed by atoms with Gasteiger partial charge in [-0.05, 0) is 52.9 Å². The highest BCUT2D eigenvalue weighted by Gasteiger charge is 3.09. The van der Waals surface area contributed by atoms with Crippen LogP contribution in [0.2, 0.25) is 0 Å². The van der Waals surface area contributed by atoms with Crippen LogP contribution >= 0.6 is 11.6 Å². The van der Waals surface area contributed by atoms with E-state index in [0.29, 0.717) is 4.87 Å². The molecule has 0 atom stereocenters. The zero-order valence-corrected chi connectivity index (χ0v) is 9.69. The normalized spacial score (nSPS) is 69.1. The Kier molecular flexibility index (Phi) is 0.866. The van der Waals surface area contributed by atoms with Crippen molar-refractivity contribution >= 4 is 11.6 Å². The molecular weight excluding hydrogens is 216 g/mol. The third-order valence-corrected chi connectivity index (χ3v) is 7.82. The Hall–Kier alpha value is -0.490. The van der Waals surface area contributed by atoms with Crippen LogP contribution in [0.5, 0.6) is 0 Å². The maximum atomic E-state index is 6.65. The van der Waals surface area contributed by atoms with Crippen LogP contribution in [-0.2, 0) is 6.42 Å². The van der Waals surface area contributed by atoms with Gasteiger partial charge >= 0.3 is 0 Å². The number of halogens is 1. The molecule has 1 aromatic rings. The average Bonchev–Trinajstić information content (AvgIpc) is 2.35. The number of hydrogen-bond acceptors (Lipinski definition) is 0. The fourth-order valence-electron chi connectivity index (χ4n) is 6.92. The Labute approximate surface area is 100.0 Å². The molecule has 0 radical (unpaired) electrons. The predicted octanol–water partition coefficient (Wildman–Crippen LogP) is 2.96. The first-order valence-electron chi connectivity index (χ1n) is 6.54. The molecular formula is C15H13Cl. The lowest BCUT2D eigenvalue weighted by atomic mass is 8.96. The van der Waals surface area contributed by atoms with Crippen LogP contribution in [0.1, 0.15) is 5.56 Å². The third-order valence-electron chi connectivity index (χ3n) is 7.07. The lowest BCUT2D eigenvalue weighted by molar-refractivity contribution is -0.599. The van der Waals surface area contributed by atoms with E-state index in [4.69, 9.17) is 11.6 Å². The maximum Gasteiger partial charge on any atom is 0.0548 e. The SMILES string of the molecule is ClC12C3C4C1C1C2C3C41Cc1ccccc1. The van der Waals surface area contributed by atoms with Gasteiger partial charge in [-0.2, -0.15) is 0 Å². The molecule has 6 fully saturated rings. The Morgan fingerprint density at radius 2 is 1.44 bits per heavy atom. The first-order chi connectivity index (χ1) is 7.81. The van der Waals surface area contributed by atoms with Crippen LogP contribution in [0, 0.1) is 40.9 Å². The van der Waals surface area contributed by atoms with E-state index in [-0.39, 0.29) is 0 Å². The first kappa shape index (κ1) is 7.76. The summed E-state index contributed by atoms with van der Waals surface area (Å²) in [6, 6.07) is 11.1. The van der Waals surface area contributed by atoms with E-state index in [1.165, 1.54) is 6.42 Å². The van der Waals surface area contributed by atoms with Crippen molar-refractivity contribution in [1.82, 2.24) is 0 Å². The largest absolute Gasteiger partial charge is 0.118 e. The second-order valence-electron chi connectivity index (χ2n) is 6.76. The minimum atomic E-state index is 0.360. The molecule has 1 aromatic carbocycles. The number of benzene rings is 1. The first-order valence-corrected chi connectivity index (χ1v) is 6.92. The summed E-state index contributed by atoms with van der Waals surface area (Å²) in [4.78, 5) is 0.360. The van der Waals surface area contributed by atoms with Crippen molar-refractivity contribution in [2.24, 2.45) is 40.9 Å². The molecule has 0 nitrogen and oxygen atoms in total. The van der Waals surface area contributed by atoms with Crippen LogP contribution in [0.3, 0.4) is 0 Å². The quantitative estimate of drug-likeness (QED) is 0.683. The summed E-state index contributed by atoms with van der Waals surface area (Å²) < 4.78 is 0. The highest BCUT2D eigenvalue weighted by molar-refractivity contribution is 6.28. The summed E-state index contributed by atoms with van der Waals surface area (Å²) in [5, 5.41) is 0. The predicted molar refractivity (Wildman–Crippen MR) is 62.1 cm³/mol. The van der Waals surface area contributed by atoms with E-state index in [9.17, 15) is 0 Å². The molecule has 7 rings (SSSR count). The minimum Gasteiger partial charge on any atom is -0.118 e. The van der Waals surface area contributed by atoms with E-state index < -0.39 is 0 Å². The summed E-state index contributed by atoms with van der Waals surface area (Å²) in [5.41, 5.74) is 2.32. The van der Waals surface area contributed by atoms with Crippen LogP contribution in [0.15, 0.2) is 30.3 Å². The van der Waals surface area contributed by atoms with Gasteiger partial charge < -0.3 is 0 Å². The summed E-state index contributed by atoms with van der Waals surface area (Å²) in [6.45, 7) is 0. The zero-order valence-electron chi connectivity index (χ0n) is 8.94. The van der Waals surface area contributed by atoms with E-state index in [2.05, 4.69) is 30.3 Å². The molecule has 1 heteroatoms. The second kappa shape index (κ2) is 1.79. The molecule has 16 heavy (non-hydrogen) atoms. The standard InChI is InChI=1S/C15H13Cl/c16-15-11-8-12(15)10-13(15)9(11)14(8,10)6-7-4-2-1-3-5-7/h1-5,8-13H,6H2. The Morgan fingerprint density at radius 3 is 2.00 bits per heavy atom. The zero-order chi connectivity index (χ0) is 10.3. The van der Waals surface area contributed by atoms with Gasteiger partial charge in [0, 0.05) is 0 Å². The molecule has 0 aromatic heterocycles. The summed E-state index contributed by atoms with van der Waals surface area (Å²) in [5.74, 6) is 6.01. The van der Waals surface area contributed by atoms with Crippen molar-refractivity contribution in [3.8, 4) is 0 Å². The average molecular weight is 229 g/mol. The number of alkyl halides is 1. The molecule has 0 aliphatic heterocycles.